The van der Waals surface area contributed by atoms with Gasteiger partial charge in [0.05, 0.1) is 0 Å². The monoisotopic (exact) mass is 558 g/mol. The standard InChI is InChI=1S/C16H16F2N4S3.2BrH/c17-11-3-4-13(10(5-11)8-24-16(21)22)25-14-6-12(18)2-1-9(14)7-23-15(19)20;;/h1-6H,7-8H2,(H3,19,20)(H3,21,22);2*1H. The van der Waals surface area contributed by atoms with Gasteiger partial charge in [-0.2, -0.15) is 0 Å². The number of hydrogen-bond donors (Lipinski definition) is 4. The number of thioether (sulfide) groups is 2. The van der Waals surface area contributed by atoms with Crippen LogP contribution in [0, 0.1) is 22.5 Å². The maximum atomic E-state index is 13.7. The number of nitrogens with one attached hydrogen (secondary N) is 2. The van der Waals surface area contributed by atoms with E-state index in [9.17, 15) is 8.78 Å². The van der Waals surface area contributed by atoms with Crippen molar-refractivity contribution in [3.63, 3.8) is 0 Å². The molecule has 148 valence electrons. The Morgan fingerprint density at radius 2 is 1.30 bits per heavy atom. The molecule has 0 radical (unpaired) electrons. The van der Waals surface area contributed by atoms with Crippen molar-refractivity contribution < 1.29 is 8.78 Å². The van der Waals surface area contributed by atoms with Gasteiger partial charge >= 0.3 is 0 Å². The van der Waals surface area contributed by atoms with Crippen molar-refractivity contribution in [1.82, 2.24) is 0 Å². The minimum Gasteiger partial charge on any atom is -0.379 e. The maximum absolute atomic E-state index is 13.7. The van der Waals surface area contributed by atoms with Crippen LogP contribution in [0.1, 0.15) is 11.1 Å². The second-order valence-electron chi connectivity index (χ2n) is 4.91. The van der Waals surface area contributed by atoms with Crippen molar-refractivity contribution in [3.05, 3.63) is 59.2 Å². The van der Waals surface area contributed by atoms with Gasteiger partial charge in [-0.1, -0.05) is 41.4 Å². The lowest BCUT2D eigenvalue weighted by Gasteiger charge is -2.12. The molecule has 2 rings (SSSR count). The average Bonchev–Trinajstić information content (AvgIpc) is 2.54. The molecule has 0 saturated carbocycles. The van der Waals surface area contributed by atoms with Gasteiger partial charge in [0, 0.05) is 21.3 Å². The van der Waals surface area contributed by atoms with Crippen LogP contribution in [0.2, 0.25) is 0 Å². The predicted molar refractivity (Wildman–Crippen MR) is 124 cm³/mol. The number of halogens is 4. The normalized spacial score (nSPS) is 9.85. The molecular formula is C16H18Br2F2N4S3. The summed E-state index contributed by atoms with van der Waals surface area (Å²) in [7, 11) is 0. The van der Waals surface area contributed by atoms with Crippen LogP contribution >= 0.6 is 69.2 Å². The number of amidine groups is 2. The molecule has 4 nitrogen and oxygen atoms in total. The number of hydrogen-bond acceptors (Lipinski definition) is 5. The van der Waals surface area contributed by atoms with Crippen LogP contribution in [0.5, 0.6) is 0 Å². The molecule has 0 spiro atoms. The van der Waals surface area contributed by atoms with Crippen molar-refractivity contribution in [3.8, 4) is 0 Å². The molecule has 0 aliphatic heterocycles. The van der Waals surface area contributed by atoms with E-state index in [1.807, 2.05) is 0 Å². The summed E-state index contributed by atoms with van der Waals surface area (Å²) in [5, 5.41) is 14.6. The van der Waals surface area contributed by atoms with Gasteiger partial charge in [-0.15, -0.1) is 34.0 Å². The van der Waals surface area contributed by atoms with E-state index in [0.717, 1.165) is 34.0 Å². The molecule has 0 aromatic heterocycles. The van der Waals surface area contributed by atoms with Gasteiger partial charge in [0.15, 0.2) is 10.3 Å². The minimum atomic E-state index is -0.380. The van der Waals surface area contributed by atoms with Crippen LogP contribution in [0.15, 0.2) is 46.2 Å². The number of nitrogens with two attached hydrogens (primary N) is 2. The third-order valence-corrected chi connectivity index (χ3v) is 5.79. The minimum absolute atomic E-state index is 0. The van der Waals surface area contributed by atoms with Crippen molar-refractivity contribution in [2.45, 2.75) is 21.3 Å². The number of rotatable bonds is 6. The van der Waals surface area contributed by atoms with Crippen LogP contribution in [0.4, 0.5) is 8.78 Å². The van der Waals surface area contributed by atoms with Gasteiger partial charge in [0.25, 0.3) is 0 Å². The molecule has 11 heteroatoms. The lowest BCUT2D eigenvalue weighted by Crippen LogP contribution is -2.04. The van der Waals surface area contributed by atoms with E-state index in [-0.39, 0.29) is 55.9 Å². The Balaban J connectivity index is 0.00000338. The summed E-state index contributed by atoms with van der Waals surface area (Å²) >= 11 is 3.56. The van der Waals surface area contributed by atoms with Gasteiger partial charge in [-0.25, -0.2) is 8.78 Å². The Morgan fingerprint density at radius 3 is 1.89 bits per heavy atom. The van der Waals surface area contributed by atoms with Crippen LogP contribution in [-0.2, 0) is 11.5 Å². The Bertz CT molecular complexity index is 809. The molecule has 0 bridgehead atoms. The first-order valence-electron chi connectivity index (χ1n) is 7.03. The zero-order valence-electron chi connectivity index (χ0n) is 13.8. The fourth-order valence-electron chi connectivity index (χ4n) is 1.93. The quantitative estimate of drug-likeness (QED) is 0.275. The van der Waals surface area contributed by atoms with E-state index in [1.54, 1.807) is 12.1 Å². The molecule has 0 saturated heterocycles. The Morgan fingerprint density at radius 1 is 0.778 bits per heavy atom. The lowest BCUT2D eigenvalue weighted by molar-refractivity contribution is 0.622. The molecule has 0 aliphatic rings. The topological polar surface area (TPSA) is 99.7 Å². The fraction of sp³-hybridized carbons (Fsp3) is 0.125. The number of benzene rings is 2. The van der Waals surface area contributed by atoms with E-state index >= 15 is 0 Å². The van der Waals surface area contributed by atoms with Crippen LogP contribution in [0.25, 0.3) is 0 Å². The van der Waals surface area contributed by atoms with E-state index < -0.39 is 0 Å². The first-order valence-corrected chi connectivity index (χ1v) is 9.82. The van der Waals surface area contributed by atoms with Gasteiger partial charge in [0.1, 0.15) is 11.6 Å². The van der Waals surface area contributed by atoms with E-state index in [1.165, 1.54) is 36.0 Å². The summed E-state index contributed by atoms with van der Waals surface area (Å²) in [6.45, 7) is 0. The van der Waals surface area contributed by atoms with Crippen molar-refractivity contribution >= 4 is 79.6 Å². The second-order valence-corrected chi connectivity index (χ2v) is 8.03. The second kappa shape index (κ2) is 12.7. The zero-order chi connectivity index (χ0) is 18.4. The largest absolute Gasteiger partial charge is 0.379 e. The van der Waals surface area contributed by atoms with Gasteiger partial charge in [-0.05, 0) is 41.5 Å². The summed E-state index contributed by atoms with van der Waals surface area (Å²) in [5.74, 6) is 0.0369. The molecule has 0 unspecified atom stereocenters. The Hall–Kier alpha value is -0.750. The summed E-state index contributed by atoms with van der Waals surface area (Å²) in [4.78, 5) is 1.43. The Labute approximate surface area is 190 Å². The van der Waals surface area contributed by atoms with Crippen LogP contribution in [0.3, 0.4) is 0 Å². The SMILES string of the molecule is Br.Br.N=C(N)SCc1cc(F)ccc1Sc1cc(F)ccc1CSC(=N)N. The smallest absolute Gasteiger partial charge is 0.151 e. The van der Waals surface area contributed by atoms with Gasteiger partial charge in [0.2, 0.25) is 0 Å². The first kappa shape index (κ1) is 26.2. The Kier molecular flexibility index (Phi) is 12.3. The van der Waals surface area contributed by atoms with Gasteiger partial charge in [-0.3, -0.25) is 10.8 Å². The third kappa shape index (κ3) is 8.86. The first-order chi connectivity index (χ1) is 11.8. The zero-order valence-corrected chi connectivity index (χ0v) is 19.7. The molecule has 6 N–H and O–H groups in total. The summed E-state index contributed by atoms with van der Waals surface area (Å²) in [6.07, 6.45) is 0. The fourth-order valence-corrected chi connectivity index (χ4v) is 4.31. The molecule has 0 fully saturated rings. The predicted octanol–water partition coefficient (Wildman–Crippen LogP) is 5.53. The molecule has 0 amide bonds. The molecular weight excluding hydrogens is 542 g/mol. The van der Waals surface area contributed by atoms with Crippen molar-refractivity contribution in [1.29, 1.82) is 10.8 Å². The molecule has 27 heavy (non-hydrogen) atoms. The highest BCUT2D eigenvalue weighted by Gasteiger charge is 2.12. The summed E-state index contributed by atoms with van der Waals surface area (Å²) < 4.78 is 27.2. The lowest BCUT2D eigenvalue weighted by atomic mass is 10.2. The molecule has 0 atom stereocenters. The van der Waals surface area contributed by atoms with E-state index in [4.69, 9.17) is 22.3 Å². The summed E-state index contributed by atoms with van der Waals surface area (Å²) in [6, 6.07) is 8.78. The van der Waals surface area contributed by atoms with Crippen LogP contribution < -0.4 is 11.5 Å². The van der Waals surface area contributed by atoms with Crippen LogP contribution in [-0.4, -0.2) is 10.3 Å². The van der Waals surface area contributed by atoms with E-state index in [2.05, 4.69) is 0 Å². The average molecular weight is 560 g/mol. The highest BCUT2D eigenvalue weighted by atomic mass is 79.9. The molecule has 2 aromatic rings. The maximum Gasteiger partial charge on any atom is 0.151 e. The highest BCUT2D eigenvalue weighted by Crippen LogP contribution is 2.36. The summed E-state index contributed by atoms with van der Waals surface area (Å²) in [5.41, 5.74) is 12.2. The molecule has 0 aliphatic carbocycles. The van der Waals surface area contributed by atoms with E-state index in [0.29, 0.717) is 22.0 Å². The molecule has 0 heterocycles. The third-order valence-electron chi connectivity index (χ3n) is 3.04. The highest BCUT2D eigenvalue weighted by molar-refractivity contribution is 8.93. The van der Waals surface area contributed by atoms with Crippen molar-refractivity contribution in [2.24, 2.45) is 11.5 Å². The molecule has 2 aromatic carbocycles. The van der Waals surface area contributed by atoms with Crippen molar-refractivity contribution in [2.75, 3.05) is 0 Å². The van der Waals surface area contributed by atoms with Gasteiger partial charge < -0.3 is 11.5 Å².